The van der Waals surface area contributed by atoms with Crippen molar-refractivity contribution in [3.8, 4) is 28.0 Å². The maximum absolute atomic E-state index is 6.27. The highest BCUT2D eigenvalue weighted by Crippen LogP contribution is 2.46. The largest absolute Gasteiger partial charge is 0.491 e. The monoisotopic (exact) mass is 447 g/mol. The van der Waals surface area contributed by atoms with Gasteiger partial charge >= 0.3 is 0 Å². The van der Waals surface area contributed by atoms with Gasteiger partial charge < -0.3 is 14.4 Å². The molecule has 0 unspecified atom stereocenters. The molecule has 0 spiro atoms. The zero-order valence-corrected chi connectivity index (χ0v) is 19.6. The second kappa shape index (κ2) is 9.00. The van der Waals surface area contributed by atoms with Crippen molar-refractivity contribution in [3.63, 3.8) is 0 Å². The van der Waals surface area contributed by atoms with Crippen LogP contribution in [0.15, 0.2) is 84.9 Å². The van der Waals surface area contributed by atoms with Gasteiger partial charge in [0.15, 0.2) is 0 Å². The van der Waals surface area contributed by atoms with Crippen LogP contribution in [0.1, 0.15) is 28.7 Å². The SMILES string of the molecule is Cc1c2c(-c3ccccc3)c3c(c1-c1ccccc1)CN(C3)c1ccccc1OCCCOC2. The van der Waals surface area contributed by atoms with Crippen LogP contribution in [0.2, 0.25) is 0 Å². The van der Waals surface area contributed by atoms with E-state index in [1.54, 1.807) is 0 Å². The predicted molar refractivity (Wildman–Crippen MR) is 138 cm³/mol. The van der Waals surface area contributed by atoms with Gasteiger partial charge in [-0.2, -0.15) is 0 Å². The lowest BCUT2D eigenvalue weighted by Crippen LogP contribution is -2.16. The van der Waals surface area contributed by atoms with E-state index in [1.807, 2.05) is 0 Å². The molecule has 0 fully saturated rings. The second-order valence-electron chi connectivity index (χ2n) is 9.12. The van der Waals surface area contributed by atoms with E-state index in [0.29, 0.717) is 19.8 Å². The molecule has 3 bridgehead atoms. The maximum Gasteiger partial charge on any atom is 0.142 e. The lowest BCUT2D eigenvalue weighted by Gasteiger charge is -2.23. The standard InChI is InChI=1S/C31H29NO2/c1-22-27-21-33-17-10-18-34-29-16-9-8-15-28(29)32-19-25(30(22)23-11-4-2-5-12-23)26(20-32)31(27)24-13-6-3-7-14-24/h2-9,11-16H,10,17-21H2,1H3. The Morgan fingerprint density at radius 3 is 2.00 bits per heavy atom. The van der Waals surface area contributed by atoms with Crippen molar-refractivity contribution in [3.05, 3.63) is 107 Å². The van der Waals surface area contributed by atoms with E-state index in [-0.39, 0.29) is 0 Å². The molecular weight excluding hydrogens is 418 g/mol. The summed E-state index contributed by atoms with van der Waals surface area (Å²) in [5.41, 5.74) is 11.8. The summed E-state index contributed by atoms with van der Waals surface area (Å²) in [5, 5.41) is 0. The highest BCUT2D eigenvalue weighted by atomic mass is 16.5. The molecule has 0 saturated carbocycles. The Balaban J connectivity index is 1.63. The predicted octanol–water partition coefficient (Wildman–Crippen LogP) is 7.15. The van der Waals surface area contributed by atoms with Gasteiger partial charge in [0.2, 0.25) is 0 Å². The van der Waals surface area contributed by atoms with Crippen LogP contribution in [0.25, 0.3) is 22.3 Å². The highest BCUT2D eigenvalue weighted by molar-refractivity contribution is 5.85. The van der Waals surface area contributed by atoms with Crippen LogP contribution in [0.5, 0.6) is 5.75 Å². The number of hydrogen-bond donors (Lipinski definition) is 0. The van der Waals surface area contributed by atoms with E-state index in [0.717, 1.165) is 30.9 Å². The molecule has 4 aromatic carbocycles. The molecule has 2 aliphatic rings. The number of benzene rings is 4. The average Bonchev–Trinajstić information content (AvgIpc) is 3.31. The van der Waals surface area contributed by atoms with Gasteiger partial charge in [0, 0.05) is 19.5 Å². The smallest absolute Gasteiger partial charge is 0.142 e. The van der Waals surface area contributed by atoms with Gasteiger partial charge in [-0.25, -0.2) is 0 Å². The Labute approximate surface area is 201 Å². The van der Waals surface area contributed by atoms with Gasteiger partial charge in [-0.15, -0.1) is 0 Å². The van der Waals surface area contributed by atoms with Crippen molar-refractivity contribution in [2.24, 2.45) is 0 Å². The van der Waals surface area contributed by atoms with E-state index in [4.69, 9.17) is 9.47 Å². The van der Waals surface area contributed by atoms with Gasteiger partial charge in [0.25, 0.3) is 0 Å². The number of nitrogens with zero attached hydrogens (tertiary/aromatic N) is 1. The molecule has 0 atom stereocenters. The molecule has 0 radical (unpaired) electrons. The van der Waals surface area contributed by atoms with Gasteiger partial charge in [-0.3, -0.25) is 0 Å². The van der Waals surface area contributed by atoms with Gasteiger partial charge in [-0.1, -0.05) is 72.8 Å². The number of hydrogen-bond acceptors (Lipinski definition) is 3. The quantitative estimate of drug-likeness (QED) is 0.326. The van der Waals surface area contributed by atoms with E-state index < -0.39 is 0 Å². The van der Waals surface area contributed by atoms with Crippen molar-refractivity contribution >= 4 is 5.69 Å². The molecule has 0 amide bonds. The van der Waals surface area contributed by atoms with Crippen molar-refractivity contribution in [1.29, 1.82) is 0 Å². The summed E-state index contributed by atoms with van der Waals surface area (Å²) in [6, 6.07) is 30.1. The third-order valence-electron chi connectivity index (χ3n) is 7.06. The molecule has 2 aliphatic heterocycles. The van der Waals surface area contributed by atoms with Crippen molar-refractivity contribution < 1.29 is 9.47 Å². The molecule has 0 saturated heterocycles. The van der Waals surface area contributed by atoms with Crippen LogP contribution in [-0.2, 0) is 24.4 Å². The molecule has 34 heavy (non-hydrogen) atoms. The van der Waals surface area contributed by atoms with E-state index >= 15 is 0 Å². The first-order valence-electron chi connectivity index (χ1n) is 12.1. The third-order valence-corrected chi connectivity index (χ3v) is 7.06. The molecule has 3 heteroatoms. The highest BCUT2D eigenvalue weighted by Gasteiger charge is 2.31. The minimum atomic E-state index is 0.607. The summed E-state index contributed by atoms with van der Waals surface area (Å²) in [4.78, 5) is 2.47. The summed E-state index contributed by atoms with van der Waals surface area (Å²) in [5.74, 6) is 0.953. The first kappa shape index (κ1) is 21.0. The zero-order valence-electron chi connectivity index (χ0n) is 19.6. The summed E-state index contributed by atoms with van der Waals surface area (Å²) in [6.45, 7) is 5.94. The second-order valence-corrected chi connectivity index (χ2v) is 9.12. The number of fused-ring (bicyclic) bond motifs is 4. The first-order valence-corrected chi connectivity index (χ1v) is 12.1. The Morgan fingerprint density at radius 1 is 0.647 bits per heavy atom. The molecule has 0 aliphatic carbocycles. The lowest BCUT2D eigenvalue weighted by molar-refractivity contribution is 0.107. The Morgan fingerprint density at radius 2 is 1.26 bits per heavy atom. The number of ether oxygens (including phenoxy) is 2. The molecule has 3 nitrogen and oxygen atoms in total. The summed E-state index contributed by atoms with van der Waals surface area (Å²) < 4.78 is 12.5. The van der Waals surface area contributed by atoms with Crippen LogP contribution in [-0.4, -0.2) is 13.2 Å². The van der Waals surface area contributed by atoms with Crippen LogP contribution >= 0.6 is 0 Å². The first-order chi connectivity index (χ1) is 16.8. The van der Waals surface area contributed by atoms with Gasteiger partial charge in [-0.05, 0) is 63.6 Å². The van der Waals surface area contributed by atoms with Crippen molar-refractivity contribution in [2.45, 2.75) is 33.0 Å². The van der Waals surface area contributed by atoms with E-state index in [2.05, 4.69) is 96.8 Å². The number of para-hydroxylation sites is 2. The van der Waals surface area contributed by atoms with Crippen molar-refractivity contribution in [2.75, 3.05) is 18.1 Å². The van der Waals surface area contributed by atoms with Crippen LogP contribution in [0.4, 0.5) is 5.69 Å². The fourth-order valence-electron chi connectivity index (χ4n) is 5.49. The summed E-state index contributed by atoms with van der Waals surface area (Å²) >= 11 is 0. The fraction of sp³-hybridized carbons (Fsp3) is 0.226. The Kier molecular flexibility index (Phi) is 5.56. The molecule has 170 valence electrons. The van der Waals surface area contributed by atoms with E-state index in [1.165, 1.54) is 44.5 Å². The third kappa shape index (κ3) is 3.66. The molecule has 6 rings (SSSR count). The lowest BCUT2D eigenvalue weighted by atomic mass is 9.83. The maximum atomic E-state index is 6.27. The Bertz CT molecular complexity index is 1310. The number of rotatable bonds is 2. The van der Waals surface area contributed by atoms with E-state index in [9.17, 15) is 0 Å². The Hall–Kier alpha value is -3.56. The minimum absolute atomic E-state index is 0.607. The average molecular weight is 448 g/mol. The molecular formula is C31H29NO2. The molecule has 2 heterocycles. The molecule has 0 N–H and O–H groups in total. The molecule has 0 aromatic heterocycles. The minimum Gasteiger partial charge on any atom is -0.491 e. The van der Waals surface area contributed by atoms with Crippen LogP contribution in [0.3, 0.4) is 0 Å². The normalized spacial score (nSPS) is 15.1. The van der Waals surface area contributed by atoms with Gasteiger partial charge in [0.1, 0.15) is 5.75 Å². The van der Waals surface area contributed by atoms with Crippen LogP contribution < -0.4 is 9.64 Å². The topological polar surface area (TPSA) is 21.7 Å². The fourth-order valence-corrected chi connectivity index (χ4v) is 5.49. The molecule has 4 aromatic rings. The number of anilines is 1. The summed E-state index contributed by atoms with van der Waals surface area (Å²) in [7, 11) is 0. The van der Waals surface area contributed by atoms with Crippen molar-refractivity contribution in [1.82, 2.24) is 0 Å². The van der Waals surface area contributed by atoms with Gasteiger partial charge in [0.05, 0.1) is 25.5 Å². The zero-order chi connectivity index (χ0) is 22.9. The van der Waals surface area contributed by atoms with Crippen LogP contribution in [0, 0.1) is 6.92 Å². The summed E-state index contributed by atoms with van der Waals surface area (Å²) in [6.07, 6.45) is 0.866.